The molecular weight excluding hydrogens is 585 g/mol. The third-order valence-corrected chi connectivity index (χ3v) is 8.37. The van der Waals surface area contributed by atoms with Crippen molar-refractivity contribution in [3.05, 3.63) is 0 Å². The van der Waals surface area contributed by atoms with Gasteiger partial charge in [-0.2, -0.15) is 0 Å². The van der Waals surface area contributed by atoms with Crippen molar-refractivity contribution in [2.45, 2.75) is 6.55 Å². The number of halogens is 1. The number of benzene rings is 2. The average molecular weight is 618 g/mol. The second kappa shape index (κ2) is 14.7. The average Bonchev–Trinajstić information content (AvgIpc) is 2.88. The van der Waals surface area contributed by atoms with Crippen molar-refractivity contribution in [1.29, 1.82) is 0 Å². The van der Waals surface area contributed by atoms with Crippen LogP contribution in [0, 0.1) is 0 Å². The van der Waals surface area contributed by atoms with Crippen molar-refractivity contribution in [2.75, 3.05) is 71.1 Å². The molecule has 0 saturated heterocycles. The first-order chi connectivity index (χ1) is 16.7. The topological polar surface area (TPSA) is 115 Å². The molecule has 2 aromatic carbocycles. The van der Waals surface area contributed by atoms with E-state index in [9.17, 15) is 0 Å². The van der Waals surface area contributed by atoms with Gasteiger partial charge in [-0.05, 0) is 0 Å². The summed E-state index contributed by atoms with van der Waals surface area (Å²) in [5.41, 5.74) is 0. The quantitative estimate of drug-likeness (QED) is 0.235. The molecule has 14 heteroatoms. The van der Waals surface area contributed by atoms with Crippen LogP contribution in [0.5, 0.6) is 57.5 Å². The number of hydrogen-bond acceptors (Lipinski definition) is 11. The second-order valence-electron chi connectivity index (χ2n) is 7.12. The summed E-state index contributed by atoms with van der Waals surface area (Å²) in [6.45, 7) is 1.53. The van der Waals surface area contributed by atoms with Crippen molar-refractivity contribution in [1.82, 2.24) is 0 Å². The number of ether oxygens (including phenoxy) is 10. The van der Waals surface area contributed by atoms with Gasteiger partial charge in [0.1, 0.15) is 0 Å². The zero-order valence-electron chi connectivity index (χ0n) is 23.1. The maximum Gasteiger partial charge on any atom is 2.00 e. The Kier molecular flexibility index (Phi) is 13.9. The summed E-state index contributed by atoms with van der Waals surface area (Å²) in [5.74, 6) is 1.61. The summed E-state index contributed by atoms with van der Waals surface area (Å²) in [6, 6.07) is 0. The minimum atomic E-state index is -4.16. The van der Waals surface area contributed by atoms with E-state index in [4.69, 9.17) is 47.4 Å². The molecule has 0 aliphatic rings. The zero-order chi connectivity index (χ0) is 26.5. The largest absolute Gasteiger partial charge is 2.00 e. The standard InChI is InChI=1S/C23H33O11Si.BrH.Mg/c1-25-12-14(27-3)18(31-7)22(19(32-8)15(12)28-4)35(11,24)23-20(33-9)16(29-5)13(26-2)17(30-6)21(23)34-10;;/h1-11H3;1H;/q-1;;+2/p-1. The minimum absolute atomic E-state index is 0. The maximum atomic E-state index is 15.0. The van der Waals surface area contributed by atoms with E-state index in [1.54, 1.807) is 0 Å². The zero-order valence-corrected chi connectivity index (χ0v) is 27.1. The molecule has 0 aliphatic carbocycles. The van der Waals surface area contributed by atoms with Gasteiger partial charge < -0.3 is 69.1 Å². The van der Waals surface area contributed by atoms with Gasteiger partial charge >= 0.3 is 23.1 Å². The van der Waals surface area contributed by atoms with Gasteiger partial charge in [-0.1, -0.05) is 6.55 Å². The molecule has 2 aromatic rings. The van der Waals surface area contributed by atoms with Crippen molar-refractivity contribution >= 4 is 41.7 Å². The molecule has 0 radical (unpaired) electrons. The van der Waals surface area contributed by atoms with Crippen LogP contribution in [-0.4, -0.2) is 102 Å². The Hall–Kier alpha value is -2.14. The molecule has 0 N–H and O–H groups in total. The molecule has 2 rings (SSSR count). The Balaban J connectivity index is 0.00000648. The molecule has 0 aromatic heterocycles. The molecule has 0 fully saturated rings. The van der Waals surface area contributed by atoms with Crippen LogP contribution in [0.25, 0.3) is 0 Å². The van der Waals surface area contributed by atoms with Gasteiger partial charge in [-0.25, -0.2) is 0 Å². The van der Waals surface area contributed by atoms with Gasteiger partial charge in [-0.15, -0.1) is 0 Å². The Bertz CT molecular complexity index is 918. The van der Waals surface area contributed by atoms with E-state index >= 15 is 4.80 Å². The van der Waals surface area contributed by atoms with E-state index in [2.05, 4.69) is 0 Å². The predicted molar refractivity (Wildman–Crippen MR) is 135 cm³/mol. The van der Waals surface area contributed by atoms with E-state index in [0.717, 1.165) is 0 Å². The number of methoxy groups -OCH3 is 10. The van der Waals surface area contributed by atoms with Gasteiger partial charge in [0.25, 0.3) is 0 Å². The van der Waals surface area contributed by atoms with Gasteiger partial charge in [0.2, 0.25) is 34.5 Å². The minimum Gasteiger partial charge on any atom is -1.00 e. The first-order valence-electron chi connectivity index (χ1n) is 10.3. The molecule has 204 valence electrons. The SMILES string of the molecule is COc1c(OC)c(OC)c([Si](C)([O-])c2c(OC)c(OC)c(OC)c(OC)c2OC)c(OC)c1OC.[Br-].[Mg+2]. The van der Waals surface area contributed by atoms with Crippen LogP contribution in [0.15, 0.2) is 0 Å². The van der Waals surface area contributed by atoms with Crippen LogP contribution in [0.1, 0.15) is 0 Å². The van der Waals surface area contributed by atoms with E-state index in [1.807, 2.05) is 0 Å². The van der Waals surface area contributed by atoms with Gasteiger partial charge in [-0.3, -0.25) is 0 Å². The molecular formula is C23H33BrMgO11Si. The maximum absolute atomic E-state index is 15.0. The molecule has 0 heterocycles. The van der Waals surface area contributed by atoms with Gasteiger partial charge in [0.05, 0.1) is 71.1 Å². The van der Waals surface area contributed by atoms with Crippen molar-refractivity contribution in [3.8, 4) is 57.5 Å². The monoisotopic (exact) mass is 616 g/mol. The van der Waals surface area contributed by atoms with Crippen LogP contribution < -0.4 is 79.5 Å². The molecule has 0 amide bonds. The van der Waals surface area contributed by atoms with E-state index in [0.29, 0.717) is 0 Å². The van der Waals surface area contributed by atoms with E-state index in [-0.39, 0.29) is 108 Å². The van der Waals surface area contributed by atoms with Crippen LogP contribution in [0.2, 0.25) is 6.55 Å². The Morgan fingerprint density at radius 1 is 0.378 bits per heavy atom. The van der Waals surface area contributed by atoms with E-state index < -0.39 is 8.32 Å². The van der Waals surface area contributed by atoms with Crippen molar-refractivity contribution in [2.24, 2.45) is 0 Å². The summed E-state index contributed by atoms with van der Waals surface area (Å²) < 4.78 is 56.1. The van der Waals surface area contributed by atoms with Crippen molar-refractivity contribution < 1.29 is 69.1 Å². The van der Waals surface area contributed by atoms with Gasteiger partial charge in [0, 0.05) is 18.7 Å². The Labute approximate surface area is 245 Å². The van der Waals surface area contributed by atoms with Crippen LogP contribution in [0.4, 0.5) is 0 Å². The normalized spacial score (nSPS) is 10.3. The third kappa shape index (κ3) is 5.67. The molecule has 0 saturated carbocycles. The summed E-state index contributed by atoms with van der Waals surface area (Å²) in [4.78, 5) is 15.0. The van der Waals surface area contributed by atoms with Crippen LogP contribution in [0.3, 0.4) is 0 Å². The second-order valence-corrected chi connectivity index (χ2v) is 10.2. The smallest absolute Gasteiger partial charge is 1.00 e. The molecule has 0 bridgehead atoms. The van der Waals surface area contributed by atoms with Gasteiger partial charge in [0.15, 0.2) is 23.0 Å². The molecule has 0 aliphatic heterocycles. The third-order valence-electron chi connectivity index (χ3n) is 5.55. The first kappa shape index (κ1) is 34.9. The van der Waals surface area contributed by atoms with E-state index in [1.165, 1.54) is 77.6 Å². The predicted octanol–water partition coefficient (Wildman–Crippen LogP) is -2.55. The summed E-state index contributed by atoms with van der Waals surface area (Å²) in [6.07, 6.45) is 0. The molecule has 11 nitrogen and oxygen atoms in total. The number of rotatable bonds is 12. The van der Waals surface area contributed by atoms with Crippen LogP contribution in [-0.2, 0) is 0 Å². The van der Waals surface area contributed by atoms with Crippen LogP contribution >= 0.6 is 0 Å². The fraction of sp³-hybridized carbons (Fsp3) is 0.478. The fourth-order valence-electron chi connectivity index (χ4n) is 4.16. The Morgan fingerprint density at radius 2 is 0.514 bits per heavy atom. The fourth-order valence-corrected chi connectivity index (χ4v) is 7.01. The number of hydrogen-bond donors (Lipinski definition) is 0. The summed E-state index contributed by atoms with van der Waals surface area (Å²) >= 11 is 0. The molecule has 0 unspecified atom stereocenters. The molecule has 0 atom stereocenters. The summed E-state index contributed by atoms with van der Waals surface area (Å²) in [5, 5.41) is 0.339. The molecule has 37 heavy (non-hydrogen) atoms. The molecule has 0 spiro atoms. The first-order valence-corrected chi connectivity index (χ1v) is 12.7. The Morgan fingerprint density at radius 3 is 0.649 bits per heavy atom. The summed E-state index contributed by atoms with van der Waals surface area (Å²) in [7, 11) is 10.1. The van der Waals surface area contributed by atoms with Crippen molar-refractivity contribution in [3.63, 3.8) is 0 Å².